The summed E-state index contributed by atoms with van der Waals surface area (Å²) in [6.07, 6.45) is 0. The van der Waals surface area contributed by atoms with Gasteiger partial charge in [0.2, 0.25) is 0 Å². The molecule has 0 fully saturated rings. The van der Waals surface area contributed by atoms with Gasteiger partial charge in [0.1, 0.15) is 11.6 Å². The van der Waals surface area contributed by atoms with Crippen molar-refractivity contribution in [1.82, 2.24) is 4.90 Å². The number of hydrogen-bond donors (Lipinski definition) is 0. The van der Waals surface area contributed by atoms with E-state index in [2.05, 4.69) is 0 Å². The van der Waals surface area contributed by atoms with Crippen LogP contribution in [0, 0.1) is 18.6 Å². The molecule has 4 heteroatoms. The zero-order valence-corrected chi connectivity index (χ0v) is 11.4. The van der Waals surface area contributed by atoms with E-state index in [1.165, 1.54) is 29.2 Å². The van der Waals surface area contributed by atoms with Gasteiger partial charge in [-0.2, -0.15) is 0 Å². The number of halogens is 2. The van der Waals surface area contributed by atoms with Crippen molar-refractivity contribution in [1.29, 1.82) is 0 Å². The number of aryl methyl sites for hydroxylation is 1. The Bertz CT molecular complexity index is 640. The van der Waals surface area contributed by atoms with Crippen LogP contribution in [0.1, 0.15) is 21.5 Å². The van der Waals surface area contributed by atoms with Gasteiger partial charge in [0.15, 0.2) is 0 Å². The fourth-order valence-electron chi connectivity index (χ4n) is 1.99. The molecule has 104 valence electrons. The quantitative estimate of drug-likeness (QED) is 0.839. The molecule has 2 nitrogen and oxygen atoms in total. The molecule has 0 spiro atoms. The van der Waals surface area contributed by atoms with Crippen LogP contribution in [0.5, 0.6) is 0 Å². The van der Waals surface area contributed by atoms with E-state index in [1.807, 2.05) is 0 Å². The van der Waals surface area contributed by atoms with Crippen LogP contribution in [0.4, 0.5) is 8.78 Å². The summed E-state index contributed by atoms with van der Waals surface area (Å²) in [6.45, 7) is 2.02. The van der Waals surface area contributed by atoms with E-state index in [-0.39, 0.29) is 17.9 Å². The average molecular weight is 275 g/mol. The van der Waals surface area contributed by atoms with Gasteiger partial charge in [-0.3, -0.25) is 4.79 Å². The Morgan fingerprint density at radius 3 is 2.60 bits per heavy atom. The van der Waals surface area contributed by atoms with Gasteiger partial charge in [-0.15, -0.1) is 0 Å². The van der Waals surface area contributed by atoms with Crippen molar-refractivity contribution in [3.63, 3.8) is 0 Å². The SMILES string of the molecule is Cc1ccc(F)c(C(=O)N(C)Cc2cccc(F)c2)c1. The monoisotopic (exact) mass is 275 g/mol. The van der Waals surface area contributed by atoms with Crippen LogP contribution in [-0.4, -0.2) is 17.9 Å². The second kappa shape index (κ2) is 5.82. The van der Waals surface area contributed by atoms with Crippen LogP contribution in [-0.2, 0) is 6.54 Å². The first-order valence-electron chi connectivity index (χ1n) is 6.23. The maximum absolute atomic E-state index is 13.7. The summed E-state index contributed by atoms with van der Waals surface area (Å²) >= 11 is 0. The number of amides is 1. The molecule has 20 heavy (non-hydrogen) atoms. The molecule has 0 saturated carbocycles. The summed E-state index contributed by atoms with van der Waals surface area (Å²) in [6, 6.07) is 10.4. The minimum absolute atomic E-state index is 0.0314. The molecule has 0 aromatic heterocycles. The smallest absolute Gasteiger partial charge is 0.256 e. The standard InChI is InChI=1S/C16H15F2NO/c1-11-6-7-15(18)14(8-11)16(20)19(2)10-12-4-3-5-13(17)9-12/h3-9H,10H2,1-2H3. The molecule has 0 aliphatic heterocycles. The van der Waals surface area contributed by atoms with Crippen molar-refractivity contribution in [2.75, 3.05) is 7.05 Å². The van der Waals surface area contributed by atoms with Crippen LogP contribution in [0.2, 0.25) is 0 Å². The molecule has 0 aliphatic rings. The second-order valence-electron chi connectivity index (χ2n) is 4.77. The lowest BCUT2D eigenvalue weighted by molar-refractivity contribution is 0.0780. The van der Waals surface area contributed by atoms with Crippen LogP contribution in [0.15, 0.2) is 42.5 Å². The fraction of sp³-hybridized carbons (Fsp3) is 0.188. The number of carbonyl (C=O) groups is 1. The first-order valence-corrected chi connectivity index (χ1v) is 6.23. The Morgan fingerprint density at radius 2 is 1.90 bits per heavy atom. The molecule has 2 aromatic carbocycles. The van der Waals surface area contributed by atoms with Crippen molar-refractivity contribution in [2.45, 2.75) is 13.5 Å². The van der Waals surface area contributed by atoms with Gasteiger partial charge in [0, 0.05) is 13.6 Å². The van der Waals surface area contributed by atoms with Crippen LogP contribution in [0.3, 0.4) is 0 Å². The summed E-state index contributed by atoms with van der Waals surface area (Å²) in [7, 11) is 1.56. The van der Waals surface area contributed by atoms with E-state index in [9.17, 15) is 13.6 Å². The molecule has 0 atom stereocenters. The van der Waals surface area contributed by atoms with Gasteiger partial charge < -0.3 is 4.90 Å². The maximum atomic E-state index is 13.7. The first kappa shape index (κ1) is 14.2. The lowest BCUT2D eigenvalue weighted by Gasteiger charge is -2.18. The lowest BCUT2D eigenvalue weighted by Crippen LogP contribution is -2.27. The van der Waals surface area contributed by atoms with Gasteiger partial charge >= 0.3 is 0 Å². The van der Waals surface area contributed by atoms with Crippen LogP contribution in [0.25, 0.3) is 0 Å². The third-order valence-electron chi connectivity index (χ3n) is 3.01. The minimum Gasteiger partial charge on any atom is -0.337 e. The number of rotatable bonds is 3. The van der Waals surface area contributed by atoms with E-state index < -0.39 is 11.7 Å². The number of hydrogen-bond acceptors (Lipinski definition) is 1. The first-order chi connectivity index (χ1) is 9.47. The van der Waals surface area contributed by atoms with Gasteiger partial charge in [0.25, 0.3) is 5.91 Å². The molecule has 0 N–H and O–H groups in total. The van der Waals surface area contributed by atoms with E-state index in [1.54, 1.807) is 32.2 Å². The molecule has 2 aromatic rings. The Labute approximate surface area is 116 Å². The highest BCUT2D eigenvalue weighted by Gasteiger charge is 2.16. The zero-order chi connectivity index (χ0) is 14.7. The molecule has 0 aliphatic carbocycles. The average Bonchev–Trinajstić information content (AvgIpc) is 2.40. The lowest BCUT2D eigenvalue weighted by atomic mass is 10.1. The Hall–Kier alpha value is -2.23. The molecule has 1 amide bonds. The molecule has 0 unspecified atom stereocenters. The zero-order valence-electron chi connectivity index (χ0n) is 11.4. The molecule has 0 heterocycles. The predicted molar refractivity (Wildman–Crippen MR) is 73.3 cm³/mol. The molecule has 2 rings (SSSR count). The van der Waals surface area contributed by atoms with Gasteiger partial charge in [0.05, 0.1) is 5.56 Å². The summed E-state index contributed by atoms with van der Waals surface area (Å²) in [5, 5.41) is 0. The van der Waals surface area contributed by atoms with E-state index >= 15 is 0 Å². The Kier molecular flexibility index (Phi) is 4.13. The summed E-state index contributed by atoms with van der Waals surface area (Å²) in [5.41, 5.74) is 1.51. The second-order valence-corrected chi connectivity index (χ2v) is 4.77. The summed E-state index contributed by atoms with van der Waals surface area (Å²) in [4.78, 5) is 13.6. The largest absolute Gasteiger partial charge is 0.337 e. The normalized spacial score (nSPS) is 10.4. The Morgan fingerprint density at radius 1 is 1.15 bits per heavy atom. The van der Waals surface area contributed by atoms with Gasteiger partial charge in [-0.05, 0) is 36.8 Å². The minimum atomic E-state index is -0.549. The van der Waals surface area contributed by atoms with Crippen LogP contribution < -0.4 is 0 Å². The van der Waals surface area contributed by atoms with Gasteiger partial charge in [-0.1, -0.05) is 23.8 Å². The fourth-order valence-corrected chi connectivity index (χ4v) is 1.99. The van der Waals surface area contributed by atoms with Crippen LogP contribution >= 0.6 is 0 Å². The molecule has 0 saturated heterocycles. The van der Waals surface area contributed by atoms with E-state index in [4.69, 9.17) is 0 Å². The van der Waals surface area contributed by atoms with E-state index in [0.29, 0.717) is 5.56 Å². The topological polar surface area (TPSA) is 20.3 Å². The molecule has 0 bridgehead atoms. The Balaban J connectivity index is 2.18. The van der Waals surface area contributed by atoms with Crippen molar-refractivity contribution in [2.24, 2.45) is 0 Å². The number of benzene rings is 2. The highest BCUT2D eigenvalue weighted by atomic mass is 19.1. The third kappa shape index (κ3) is 3.20. The van der Waals surface area contributed by atoms with Crippen molar-refractivity contribution in [3.8, 4) is 0 Å². The molecular formula is C16H15F2NO. The molecule has 0 radical (unpaired) electrons. The highest BCUT2D eigenvalue weighted by molar-refractivity contribution is 5.94. The number of nitrogens with zero attached hydrogens (tertiary/aromatic N) is 1. The maximum Gasteiger partial charge on any atom is 0.256 e. The van der Waals surface area contributed by atoms with Crippen molar-refractivity contribution in [3.05, 3.63) is 70.8 Å². The third-order valence-corrected chi connectivity index (χ3v) is 3.01. The van der Waals surface area contributed by atoms with Gasteiger partial charge in [-0.25, -0.2) is 8.78 Å². The predicted octanol–water partition coefficient (Wildman–Crippen LogP) is 3.55. The number of carbonyl (C=O) groups excluding carboxylic acids is 1. The van der Waals surface area contributed by atoms with Crippen molar-refractivity contribution >= 4 is 5.91 Å². The summed E-state index contributed by atoms with van der Waals surface area (Å²) in [5.74, 6) is -1.33. The molecular weight excluding hydrogens is 260 g/mol. The van der Waals surface area contributed by atoms with Crippen molar-refractivity contribution < 1.29 is 13.6 Å². The highest BCUT2D eigenvalue weighted by Crippen LogP contribution is 2.14. The van der Waals surface area contributed by atoms with E-state index in [0.717, 1.165) is 5.56 Å². The summed E-state index contributed by atoms with van der Waals surface area (Å²) < 4.78 is 26.8.